The molecule has 0 heterocycles. The Balaban J connectivity index is 2.08. The van der Waals surface area contributed by atoms with Gasteiger partial charge in [0, 0.05) is 24.3 Å². The molecular formula is C16H24N2O. The SMILES string of the molecule is Cc1ccc(C(=O)N(C)C2CCC(C)CC2)cc1N. The lowest BCUT2D eigenvalue weighted by Gasteiger charge is -2.33. The Labute approximate surface area is 115 Å². The first-order valence-corrected chi connectivity index (χ1v) is 7.12. The van der Waals surface area contributed by atoms with Gasteiger partial charge in [-0.15, -0.1) is 0 Å². The normalized spacial score (nSPS) is 23.1. The Bertz CT molecular complexity index is 462. The molecule has 1 aromatic rings. The van der Waals surface area contributed by atoms with Crippen molar-refractivity contribution in [2.45, 2.75) is 45.6 Å². The number of rotatable bonds is 2. The maximum atomic E-state index is 12.5. The molecule has 0 spiro atoms. The molecule has 0 saturated heterocycles. The average molecular weight is 260 g/mol. The predicted molar refractivity (Wildman–Crippen MR) is 79.1 cm³/mol. The molecule has 1 fully saturated rings. The number of hydrogen-bond donors (Lipinski definition) is 1. The fraction of sp³-hybridized carbons (Fsp3) is 0.562. The first-order chi connectivity index (χ1) is 8.99. The van der Waals surface area contributed by atoms with Gasteiger partial charge < -0.3 is 10.6 Å². The fourth-order valence-corrected chi connectivity index (χ4v) is 2.77. The van der Waals surface area contributed by atoms with Crippen LogP contribution in [0, 0.1) is 12.8 Å². The molecule has 0 aromatic heterocycles. The minimum Gasteiger partial charge on any atom is -0.398 e. The van der Waals surface area contributed by atoms with Crippen LogP contribution in [-0.4, -0.2) is 23.9 Å². The average Bonchev–Trinajstić information content (AvgIpc) is 2.41. The van der Waals surface area contributed by atoms with Crippen LogP contribution in [0.4, 0.5) is 5.69 Å². The molecule has 1 amide bonds. The summed E-state index contributed by atoms with van der Waals surface area (Å²) in [5.74, 6) is 0.890. The number of hydrogen-bond acceptors (Lipinski definition) is 2. The maximum Gasteiger partial charge on any atom is 0.253 e. The van der Waals surface area contributed by atoms with Gasteiger partial charge in [-0.1, -0.05) is 13.0 Å². The third kappa shape index (κ3) is 3.09. The molecular weight excluding hydrogens is 236 g/mol. The second-order valence-corrected chi connectivity index (χ2v) is 5.90. The van der Waals surface area contributed by atoms with Crippen molar-refractivity contribution in [2.24, 2.45) is 5.92 Å². The number of nitrogens with two attached hydrogens (primary N) is 1. The van der Waals surface area contributed by atoms with Gasteiger partial charge in [-0.3, -0.25) is 4.79 Å². The third-order valence-electron chi connectivity index (χ3n) is 4.38. The summed E-state index contributed by atoms with van der Waals surface area (Å²) in [6.45, 7) is 4.24. The molecule has 1 aliphatic carbocycles. The Hall–Kier alpha value is -1.51. The molecule has 0 radical (unpaired) electrons. The second-order valence-electron chi connectivity index (χ2n) is 5.90. The van der Waals surface area contributed by atoms with Gasteiger partial charge in [-0.25, -0.2) is 0 Å². The molecule has 1 aliphatic rings. The molecule has 19 heavy (non-hydrogen) atoms. The van der Waals surface area contributed by atoms with E-state index in [4.69, 9.17) is 5.73 Å². The molecule has 0 aliphatic heterocycles. The van der Waals surface area contributed by atoms with Gasteiger partial charge in [0.15, 0.2) is 0 Å². The third-order valence-corrected chi connectivity index (χ3v) is 4.38. The molecule has 3 nitrogen and oxygen atoms in total. The van der Waals surface area contributed by atoms with Crippen LogP contribution in [0.2, 0.25) is 0 Å². The Morgan fingerprint density at radius 1 is 1.26 bits per heavy atom. The van der Waals surface area contributed by atoms with Crippen LogP contribution in [0.15, 0.2) is 18.2 Å². The number of carbonyl (C=O) groups excluding carboxylic acids is 1. The number of carbonyl (C=O) groups is 1. The predicted octanol–water partition coefficient (Wildman–Crippen LogP) is 3.23. The van der Waals surface area contributed by atoms with E-state index in [1.165, 1.54) is 12.8 Å². The Kier molecular flexibility index (Phi) is 4.13. The lowest BCUT2D eigenvalue weighted by Crippen LogP contribution is -2.39. The van der Waals surface area contributed by atoms with Crippen molar-refractivity contribution < 1.29 is 4.79 Å². The summed E-state index contributed by atoms with van der Waals surface area (Å²) < 4.78 is 0. The van der Waals surface area contributed by atoms with Crippen LogP contribution >= 0.6 is 0 Å². The molecule has 1 aromatic carbocycles. The molecule has 104 valence electrons. The summed E-state index contributed by atoms with van der Waals surface area (Å²) in [6.07, 6.45) is 4.67. The molecule has 0 unspecified atom stereocenters. The zero-order valence-electron chi connectivity index (χ0n) is 12.1. The number of anilines is 1. The highest BCUT2D eigenvalue weighted by Crippen LogP contribution is 2.27. The highest BCUT2D eigenvalue weighted by Gasteiger charge is 2.25. The summed E-state index contributed by atoms with van der Waals surface area (Å²) in [6, 6.07) is 5.96. The molecule has 0 bridgehead atoms. The van der Waals surface area contributed by atoms with Crippen molar-refractivity contribution >= 4 is 11.6 Å². The largest absolute Gasteiger partial charge is 0.398 e. The quantitative estimate of drug-likeness (QED) is 0.830. The molecule has 2 N–H and O–H groups in total. The molecule has 3 heteroatoms. The number of nitrogen functional groups attached to an aromatic ring is 1. The van der Waals surface area contributed by atoms with E-state index in [9.17, 15) is 4.79 Å². The van der Waals surface area contributed by atoms with Crippen molar-refractivity contribution in [2.75, 3.05) is 12.8 Å². The van der Waals surface area contributed by atoms with Crippen molar-refractivity contribution in [3.63, 3.8) is 0 Å². The van der Waals surface area contributed by atoms with Gasteiger partial charge >= 0.3 is 0 Å². The van der Waals surface area contributed by atoms with Crippen molar-refractivity contribution in [3.05, 3.63) is 29.3 Å². The van der Waals surface area contributed by atoms with Gasteiger partial charge in [-0.05, 0) is 56.2 Å². The summed E-state index contributed by atoms with van der Waals surface area (Å²) in [7, 11) is 1.92. The van der Waals surface area contributed by atoms with Crippen LogP contribution < -0.4 is 5.73 Å². The van der Waals surface area contributed by atoms with E-state index in [-0.39, 0.29) is 5.91 Å². The van der Waals surface area contributed by atoms with Crippen LogP contribution in [0.5, 0.6) is 0 Å². The van der Waals surface area contributed by atoms with Crippen molar-refractivity contribution in [1.29, 1.82) is 0 Å². The van der Waals surface area contributed by atoms with Gasteiger partial charge in [0.2, 0.25) is 0 Å². The van der Waals surface area contributed by atoms with Crippen LogP contribution in [0.3, 0.4) is 0 Å². The Morgan fingerprint density at radius 3 is 2.47 bits per heavy atom. The summed E-state index contributed by atoms with van der Waals surface area (Å²) in [5.41, 5.74) is 8.29. The van der Waals surface area contributed by atoms with E-state index >= 15 is 0 Å². The number of nitrogens with zero attached hydrogens (tertiary/aromatic N) is 1. The monoisotopic (exact) mass is 260 g/mol. The van der Waals surface area contributed by atoms with Gasteiger partial charge in [0.25, 0.3) is 5.91 Å². The van der Waals surface area contributed by atoms with E-state index in [2.05, 4.69) is 6.92 Å². The zero-order chi connectivity index (χ0) is 14.0. The van der Waals surface area contributed by atoms with E-state index < -0.39 is 0 Å². The summed E-state index contributed by atoms with van der Waals surface area (Å²) in [5, 5.41) is 0. The highest BCUT2D eigenvalue weighted by atomic mass is 16.2. The minimum absolute atomic E-state index is 0.0891. The minimum atomic E-state index is 0.0891. The first-order valence-electron chi connectivity index (χ1n) is 7.12. The highest BCUT2D eigenvalue weighted by molar-refractivity contribution is 5.95. The van der Waals surface area contributed by atoms with Crippen molar-refractivity contribution in [1.82, 2.24) is 4.90 Å². The van der Waals surface area contributed by atoms with Gasteiger partial charge in [-0.2, -0.15) is 0 Å². The smallest absolute Gasteiger partial charge is 0.253 e. The Morgan fingerprint density at radius 2 is 1.89 bits per heavy atom. The topological polar surface area (TPSA) is 46.3 Å². The van der Waals surface area contributed by atoms with E-state index in [1.807, 2.05) is 31.0 Å². The van der Waals surface area contributed by atoms with Crippen molar-refractivity contribution in [3.8, 4) is 0 Å². The molecule has 0 atom stereocenters. The molecule has 1 saturated carbocycles. The lowest BCUT2D eigenvalue weighted by atomic mass is 9.86. The van der Waals surface area contributed by atoms with Crippen LogP contribution in [0.1, 0.15) is 48.5 Å². The lowest BCUT2D eigenvalue weighted by molar-refractivity contribution is 0.0679. The van der Waals surface area contributed by atoms with Gasteiger partial charge in [0.05, 0.1) is 0 Å². The maximum absolute atomic E-state index is 12.5. The summed E-state index contributed by atoms with van der Waals surface area (Å²) >= 11 is 0. The van der Waals surface area contributed by atoms with E-state index in [1.54, 1.807) is 6.07 Å². The number of amides is 1. The van der Waals surface area contributed by atoms with E-state index in [0.717, 1.165) is 24.3 Å². The summed E-state index contributed by atoms with van der Waals surface area (Å²) in [4.78, 5) is 14.4. The number of benzene rings is 1. The van der Waals surface area contributed by atoms with Gasteiger partial charge in [0.1, 0.15) is 0 Å². The second kappa shape index (κ2) is 5.64. The van der Waals surface area contributed by atoms with Crippen LogP contribution in [0.25, 0.3) is 0 Å². The standard InChI is InChI=1S/C16H24N2O/c1-11-4-8-14(9-5-11)18(3)16(19)13-7-6-12(2)15(17)10-13/h6-7,10-11,14H,4-5,8-9,17H2,1-3H3. The first kappa shape index (κ1) is 13.9. The van der Waals surface area contributed by atoms with Crippen LogP contribution in [-0.2, 0) is 0 Å². The van der Waals surface area contributed by atoms with E-state index in [0.29, 0.717) is 17.3 Å². The molecule has 2 rings (SSSR count). The fourth-order valence-electron chi connectivity index (χ4n) is 2.77. The number of aryl methyl sites for hydroxylation is 1. The zero-order valence-corrected chi connectivity index (χ0v) is 12.1.